The SMILES string of the molecule is O=c1cc(-c2cc3cc(Cl)ccc3oc2=O)c2ccc3c(c2o1)CN(C1CC1)CO3. The predicted octanol–water partition coefficient (Wildman–Crippen LogP) is 4.53. The first-order chi connectivity index (χ1) is 14.6. The maximum Gasteiger partial charge on any atom is 0.344 e. The molecule has 2 aliphatic rings. The van der Waals surface area contributed by atoms with Gasteiger partial charge in [-0.25, -0.2) is 9.59 Å². The molecule has 1 fully saturated rings. The third kappa shape index (κ3) is 2.83. The van der Waals surface area contributed by atoms with Crippen LogP contribution in [0.1, 0.15) is 18.4 Å². The summed E-state index contributed by atoms with van der Waals surface area (Å²) in [4.78, 5) is 27.4. The molecule has 150 valence electrons. The fourth-order valence-corrected chi connectivity index (χ4v) is 4.31. The summed E-state index contributed by atoms with van der Waals surface area (Å²) in [7, 11) is 0. The molecule has 6 rings (SSSR count). The molecular formula is C23H16ClNO5. The van der Waals surface area contributed by atoms with Crippen molar-refractivity contribution in [2.45, 2.75) is 25.4 Å². The molecule has 2 aromatic carbocycles. The molecule has 7 heteroatoms. The van der Waals surface area contributed by atoms with Crippen LogP contribution in [0.4, 0.5) is 0 Å². The lowest BCUT2D eigenvalue weighted by Crippen LogP contribution is -2.33. The van der Waals surface area contributed by atoms with E-state index in [1.807, 2.05) is 12.1 Å². The Hall–Kier alpha value is -3.09. The first-order valence-corrected chi connectivity index (χ1v) is 10.1. The lowest BCUT2D eigenvalue weighted by atomic mass is 9.99. The second-order valence-corrected chi connectivity index (χ2v) is 8.22. The molecule has 2 aromatic heterocycles. The minimum Gasteiger partial charge on any atom is -0.478 e. The summed E-state index contributed by atoms with van der Waals surface area (Å²) in [5, 5.41) is 1.88. The van der Waals surface area contributed by atoms with E-state index in [0.29, 0.717) is 63.2 Å². The fraction of sp³-hybridized carbons (Fsp3) is 0.217. The topological polar surface area (TPSA) is 72.9 Å². The molecular weight excluding hydrogens is 406 g/mol. The Bertz CT molecular complexity index is 1450. The Kier molecular flexibility index (Phi) is 3.82. The Balaban J connectivity index is 1.60. The Morgan fingerprint density at radius 2 is 1.83 bits per heavy atom. The number of nitrogens with zero attached hydrogens (tertiary/aromatic N) is 1. The average molecular weight is 422 g/mol. The first kappa shape index (κ1) is 17.7. The van der Waals surface area contributed by atoms with E-state index in [9.17, 15) is 9.59 Å². The van der Waals surface area contributed by atoms with Crippen molar-refractivity contribution in [3.8, 4) is 16.9 Å². The van der Waals surface area contributed by atoms with Gasteiger partial charge in [0.15, 0.2) is 0 Å². The van der Waals surface area contributed by atoms with Crippen molar-refractivity contribution in [1.29, 1.82) is 0 Å². The molecule has 1 aliphatic carbocycles. The fourth-order valence-electron chi connectivity index (χ4n) is 4.13. The Morgan fingerprint density at radius 3 is 2.67 bits per heavy atom. The van der Waals surface area contributed by atoms with Crippen LogP contribution in [0.15, 0.2) is 60.9 Å². The molecule has 6 nitrogen and oxygen atoms in total. The van der Waals surface area contributed by atoms with Crippen LogP contribution in [-0.4, -0.2) is 17.7 Å². The van der Waals surface area contributed by atoms with Gasteiger partial charge in [-0.2, -0.15) is 0 Å². The molecule has 0 radical (unpaired) electrons. The maximum atomic E-state index is 12.7. The molecule has 0 atom stereocenters. The second-order valence-electron chi connectivity index (χ2n) is 7.78. The van der Waals surface area contributed by atoms with Crippen molar-refractivity contribution >= 4 is 33.5 Å². The highest BCUT2D eigenvalue weighted by Gasteiger charge is 2.33. The number of ether oxygens (including phenoxy) is 1. The number of hydrogen-bond donors (Lipinski definition) is 0. The van der Waals surface area contributed by atoms with Crippen LogP contribution in [0.3, 0.4) is 0 Å². The van der Waals surface area contributed by atoms with Gasteiger partial charge in [0.25, 0.3) is 0 Å². The van der Waals surface area contributed by atoms with Crippen molar-refractivity contribution < 1.29 is 13.6 Å². The molecule has 30 heavy (non-hydrogen) atoms. The monoisotopic (exact) mass is 421 g/mol. The van der Waals surface area contributed by atoms with Crippen molar-refractivity contribution in [3.05, 3.63) is 73.9 Å². The van der Waals surface area contributed by atoms with Crippen LogP contribution in [0, 0.1) is 0 Å². The summed E-state index contributed by atoms with van der Waals surface area (Å²) in [5.41, 5.74) is 1.43. The third-order valence-electron chi connectivity index (χ3n) is 5.77. The van der Waals surface area contributed by atoms with Crippen molar-refractivity contribution in [2.24, 2.45) is 0 Å². The number of rotatable bonds is 2. The van der Waals surface area contributed by atoms with Crippen LogP contribution in [0.5, 0.6) is 5.75 Å². The molecule has 0 bridgehead atoms. The van der Waals surface area contributed by atoms with Crippen LogP contribution >= 0.6 is 11.6 Å². The van der Waals surface area contributed by atoms with Gasteiger partial charge >= 0.3 is 11.3 Å². The van der Waals surface area contributed by atoms with Crippen LogP contribution in [0.2, 0.25) is 5.02 Å². The van der Waals surface area contributed by atoms with Crippen molar-refractivity contribution in [3.63, 3.8) is 0 Å². The number of benzene rings is 2. The Labute approximate surface area is 175 Å². The van der Waals surface area contributed by atoms with E-state index in [2.05, 4.69) is 4.90 Å². The molecule has 1 aliphatic heterocycles. The number of halogens is 1. The van der Waals surface area contributed by atoms with Gasteiger partial charge in [0.05, 0.1) is 11.1 Å². The van der Waals surface area contributed by atoms with E-state index in [-0.39, 0.29) is 0 Å². The van der Waals surface area contributed by atoms with Gasteiger partial charge in [-0.1, -0.05) is 11.6 Å². The third-order valence-corrected chi connectivity index (χ3v) is 6.00. The Morgan fingerprint density at radius 1 is 0.967 bits per heavy atom. The summed E-state index contributed by atoms with van der Waals surface area (Å²) < 4.78 is 17.0. The van der Waals surface area contributed by atoms with Gasteiger partial charge in [0.2, 0.25) is 0 Å². The maximum absolute atomic E-state index is 12.7. The van der Waals surface area contributed by atoms with E-state index in [1.165, 1.54) is 6.07 Å². The van der Waals surface area contributed by atoms with E-state index in [4.69, 9.17) is 25.2 Å². The van der Waals surface area contributed by atoms with Crippen LogP contribution in [-0.2, 0) is 6.54 Å². The van der Waals surface area contributed by atoms with Gasteiger partial charge in [0.1, 0.15) is 23.6 Å². The molecule has 3 heterocycles. The highest BCUT2D eigenvalue weighted by Crippen LogP contribution is 2.39. The van der Waals surface area contributed by atoms with E-state index >= 15 is 0 Å². The molecule has 0 saturated heterocycles. The number of fused-ring (bicyclic) bond motifs is 4. The normalized spacial score (nSPS) is 16.6. The summed E-state index contributed by atoms with van der Waals surface area (Å²) in [6.07, 6.45) is 2.30. The highest BCUT2D eigenvalue weighted by atomic mass is 35.5. The van der Waals surface area contributed by atoms with E-state index in [1.54, 1.807) is 24.3 Å². The van der Waals surface area contributed by atoms with E-state index in [0.717, 1.165) is 18.4 Å². The summed E-state index contributed by atoms with van der Waals surface area (Å²) in [5.74, 6) is 0.706. The smallest absolute Gasteiger partial charge is 0.344 e. The lowest BCUT2D eigenvalue weighted by Gasteiger charge is -2.29. The van der Waals surface area contributed by atoms with E-state index < -0.39 is 11.3 Å². The molecule has 0 amide bonds. The molecule has 4 aromatic rings. The zero-order valence-electron chi connectivity index (χ0n) is 15.8. The molecule has 0 spiro atoms. The van der Waals surface area contributed by atoms with Gasteiger partial charge in [-0.05, 0) is 49.2 Å². The van der Waals surface area contributed by atoms with Crippen LogP contribution in [0.25, 0.3) is 33.1 Å². The highest BCUT2D eigenvalue weighted by molar-refractivity contribution is 6.31. The minimum absolute atomic E-state index is 0.290. The van der Waals surface area contributed by atoms with Gasteiger partial charge < -0.3 is 13.6 Å². The number of hydrogen-bond acceptors (Lipinski definition) is 6. The first-order valence-electron chi connectivity index (χ1n) is 9.77. The van der Waals surface area contributed by atoms with Crippen molar-refractivity contribution in [2.75, 3.05) is 6.73 Å². The molecule has 1 saturated carbocycles. The zero-order chi connectivity index (χ0) is 20.4. The zero-order valence-corrected chi connectivity index (χ0v) is 16.6. The lowest BCUT2D eigenvalue weighted by molar-refractivity contribution is 0.0885. The minimum atomic E-state index is -0.528. The second kappa shape index (κ2) is 6.45. The van der Waals surface area contributed by atoms with Gasteiger partial charge in [-0.3, -0.25) is 4.90 Å². The summed E-state index contributed by atoms with van der Waals surface area (Å²) in [6, 6.07) is 12.3. The van der Waals surface area contributed by atoms with Crippen molar-refractivity contribution in [1.82, 2.24) is 4.90 Å². The summed E-state index contributed by atoms with van der Waals surface area (Å²) >= 11 is 6.10. The summed E-state index contributed by atoms with van der Waals surface area (Å²) in [6.45, 7) is 1.17. The molecule has 0 N–H and O–H groups in total. The molecule has 0 unspecified atom stereocenters. The standard InChI is InChI=1S/C23H16ClNO5/c24-13-1-5-19-12(7-13)8-17(23(27)29-19)16-9-21(26)30-22-15(16)4-6-20-18(22)10-25(11-28-20)14-2-3-14/h1,4-9,14H,2-3,10-11H2. The van der Waals surface area contributed by atoms with Gasteiger partial charge in [0, 0.05) is 40.0 Å². The quantitative estimate of drug-likeness (QED) is 0.443. The predicted molar refractivity (Wildman–Crippen MR) is 113 cm³/mol. The van der Waals surface area contributed by atoms with Crippen LogP contribution < -0.4 is 16.0 Å². The van der Waals surface area contributed by atoms with Gasteiger partial charge in [-0.15, -0.1) is 0 Å². The average Bonchev–Trinajstić information content (AvgIpc) is 3.58. The largest absolute Gasteiger partial charge is 0.478 e.